The Bertz CT molecular complexity index is 441. The molecule has 222 valence electrons. The van der Waals surface area contributed by atoms with Gasteiger partial charge in [0.05, 0.1) is 11.8 Å². The molecular formula is C32H66O4Sn. The second-order valence-electron chi connectivity index (χ2n) is 10.7. The summed E-state index contributed by atoms with van der Waals surface area (Å²) in [5.41, 5.74) is 0. The Labute approximate surface area is 242 Å². The van der Waals surface area contributed by atoms with Gasteiger partial charge in [-0.3, -0.25) is 9.59 Å². The summed E-state index contributed by atoms with van der Waals surface area (Å²) in [5, 5.41) is 17.2. The first-order chi connectivity index (χ1) is 17.7. The molecule has 0 saturated heterocycles. The van der Waals surface area contributed by atoms with Crippen LogP contribution in [0.5, 0.6) is 0 Å². The van der Waals surface area contributed by atoms with Gasteiger partial charge in [0.15, 0.2) is 0 Å². The van der Waals surface area contributed by atoms with Crippen molar-refractivity contribution >= 4 is 33.1 Å². The Morgan fingerprint density at radius 1 is 0.514 bits per heavy atom. The minimum atomic E-state index is -0.643. The maximum atomic E-state index is 10.4. The predicted molar refractivity (Wildman–Crippen MR) is 164 cm³/mol. The summed E-state index contributed by atoms with van der Waals surface area (Å²) in [6.07, 6.45) is 19.0. The summed E-state index contributed by atoms with van der Waals surface area (Å²) in [4.78, 5) is 20.9. The van der Waals surface area contributed by atoms with E-state index in [2.05, 4.69) is 41.5 Å². The third-order valence-corrected chi connectivity index (χ3v) is 12.4. The Hall–Kier alpha value is -0.261. The van der Waals surface area contributed by atoms with Crippen LogP contribution in [0.25, 0.3) is 0 Å². The van der Waals surface area contributed by atoms with Crippen LogP contribution < -0.4 is 0 Å². The van der Waals surface area contributed by atoms with Crippen molar-refractivity contribution in [2.45, 2.75) is 167 Å². The van der Waals surface area contributed by atoms with E-state index in [4.69, 9.17) is 10.2 Å². The van der Waals surface area contributed by atoms with Crippen molar-refractivity contribution in [3.8, 4) is 0 Å². The van der Waals surface area contributed by atoms with Crippen molar-refractivity contribution < 1.29 is 19.8 Å². The van der Waals surface area contributed by atoms with E-state index >= 15 is 0 Å². The zero-order valence-corrected chi connectivity index (χ0v) is 29.1. The third kappa shape index (κ3) is 28.6. The molecule has 0 aromatic rings. The van der Waals surface area contributed by atoms with Gasteiger partial charge in [0.1, 0.15) is 0 Å². The molecule has 0 heterocycles. The summed E-state index contributed by atoms with van der Waals surface area (Å²) in [7, 11) is 0. The molecule has 0 aliphatic heterocycles. The number of hydrogen-bond donors (Lipinski definition) is 2. The molecule has 0 fully saturated rings. The van der Waals surface area contributed by atoms with E-state index in [1.807, 2.05) is 13.8 Å². The molecule has 2 radical (unpaired) electrons. The van der Waals surface area contributed by atoms with E-state index in [1.165, 1.54) is 51.4 Å². The molecule has 5 heteroatoms. The van der Waals surface area contributed by atoms with Crippen LogP contribution in [0.3, 0.4) is 0 Å². The Kier molecular flexibility index (Phi) is 35.6. The Balaban J connectivity index is -0.000000499. The minimum absolute atomic E-state index is 0.0388. The average molecular weight is 634 g/mol. The van der Waals surface area contributed by atoms with E-state index in [1.54, 1.807) is 8.87 Å². The van der Waals surface area contributed by atoms with Gasteiger partial charge in [-0.1, -0.05) is 53.4 Å². The monoisotopic (exact) mass is 634 g/mol. The number of hydrogen-bond acceptors (Lipinski definition) is 2. The van der Waals surface area contributed by atoms with Crippen molar-refractivity contribution in [2.24, 2.45) is 23.7 Å². The van der Waals surface area contributed by atoms with Crippen molar-refractivity contribution in [2.75, 3.05) is 0 Å². The molecule has 0 rings (SSSR count). The quantitative estimate of drug-likeness (QED) is 0.116. The molecule has 0 spiro atoms. The van der Waals surface area contributed by atoms with Crippen molar-refractivity contribution in [1.29, 1.82) is 0 Å². The van der Waals surface area contributed by atoms with Gasteiger partial charge in [0, 0.05) is 0 Å². The van der Waals surface area contributed by atoms with Crippen LogP contribution in [0, 0.1) is 23.7 Å². The van der Waals surface area contributed by atoms with Crippen LogP contribution in [0.15, 0.2) is 0 Å². The fraction of sp³-hybridized carbons (Fsp3) is 0.938. The molecule has 0 bridgehead atoms. The van der Waals surface area contributed by atoms with E-state index < -0.39 is 11.9 Å². The van der Waals surface area contributed by atoms with Crippen LogP contribution in [0.1, 0.15) is 158 Å². The number of carboxylic acids is 2. The zero-order chi connectivity index (χ0) is 28.9. The molecule has 0 aromatic heterocycles. The summed E-state index contributed by atoms with van der Waals surface area (Å²) in [5.74, 6) is 0.669. The van der Waals surface area contributed by atoms with Crippen LogP contribution in [-0.2, 0) is 9.59 Å². The number of rotatable bonds is 22. The van der Waals surface area contributed by atoms with Gasteiger partial charge in [0.2, 0.25) is 0 Å². The number of carbonyl (C=O) groups is 2. The average Bonchev–Trinajstić information content (AvgIpc) is 2.89. The third-order valence-electron chi connectivity index (χ3n) is 7.45. The molecule has 0 aliphatic rings. The normalized spacial score (nSPS) is 13.8. The van der Waals surface area contributed by atoms with Gasteiger partial charge < -0.3 is 10.2 Å². The molecule has 4 unspecified atom stereocenters. The molecule has 37 heavy (non-hydrogen) atoms. The standard InChI is InChI=1S/2C8H16O2.2C8H17.Sn/c2*1-3-5-6-7(4-2)8(9)10;2*1-4-6-7-8(3)5-2;/h2*7H,3-6H2,1-2H3,(H,9,10);2*8H,3-7H2,1-2H3;. The first kappa shape index (κ1) is 41.2. The molecule has 0 aromatic carbocycles. The Morgan fingerprint density at radius 3 is 1.03 bits per heavy atom. The second-order valence-corrected chi connectivity index (χ2v) is 14.4. The molecule has 2 N–H and O–H groups in total. The van der Waals surface area contributed by atoms with Crippen molar-refractivity contribution in [1.82, 2.24) is 0 Å². The summed E-state index contributed by atoms with van der Waals surface area (Å²) in [6.45, 7) is 17.4. The molecule has 0 aliphatic carbocycles. The van der Waals surface area contributed by atoms with Gasteiger partial charge >= 0.3 is 133 Å². The van der Waals surface area contributed by atoms with E-state index in [0.717, 1.165) is 63.2 Å². The molecule has 0 amide bonds. The van der Waals surface area contributed by atoms with Crippen LogP contribution in [0.2, 0.25) is 8.87 Å². The molecule has 0 saturated carbocycles. The summed E-state index contributed by atoms with van der Waals surface area (Å²) < 4.78 is 3.31. The number of aliphatic carboxylic acids is 2. The topological polar surface area (TPSA) is 74.6 Å². The molecule has 4 nitrogen and oxygen atoms in total. The van der Waals surface area contributed by atoms with Gasteiger partial charge in [0.25, 0.3) is 0 Å². The van der Waals surface area contributed by atoms with Gasteiger partial charge in [-0.25, -0.2) is 0 Å². The summed E-state index contributed by atoms with van der Waals surface area (Å²) in [6, 6.07) is 0. The van der Waals surface area contributed by atoms with Crippen LogP contribution in [-0.4, -0.2) is 43.3 Å². The molecular weight excluding hydrogens is 567 g/mol. The van der Waals surface area contributed by atoms with Gasteiger partial charge in [-0.15, -0.1) is 0 Å². The summed E-state index contributed by atoms with van der Waals surface area (Å²) >= 11 is -0.0388. The number of unbranched alkanes of at least 4 members (excludes halogenated alkanes) is 4. The predicted octanol–water partition coefficient (Wildman–Crippen LogP) is 10.5. The second kappa shape index (κ2) is 32.0. The maximum absolute atomic E-state index is 10.4. The van der Waals surface area contributed by atoms with Gasteiger partial charge in [-0.05, 0) is 25.7 Å². The first-order valence-electron chi connectivity index (χ1n) is 15.9. The van der Waals surface area contributed by atoms with E-state index in [9.17, 15) is 9.59 Å². The van der Waals surface area contributed by atoms with Crippen molar-refractivity contribution in [3.63, 3.8) is 0 Å². The van der Waals surface area contributed by atoms with E-state index in [-0.39, 0.29) is 33.0 Å². The fourth-order valence-corrected chi connectivity index (χ4v) is 9.90. The zero-order valence-electron chi connectivity index (χ0n) is 26.2. The van der Waals surface area contributed by atoms with Gasteiger partial charge in [-0.2, -0.15) is 0 Å². The van der Waals surface area contributed by atoms with Crippen LogP contribution in [0.4, 0.5) is 0 Å². The SMILES string of the molecule is CCCCC(CC)C(=O)O.CCCCC(CC)C(=O)O.CCCCC(CC)[CH2][Sn][CH2]C(CC)CCCC. The Morgan fingerprint density at radius 2 is 0.811 bits per heavy atom. The van der Waals surface area contributed by atoms with E-state index in [0.29, 0.717) is 0 Å². The van der Waals surface area contributed by atoms with Crippen LogP contribution >= 0.6 is 0 Å². The van der Waals surface area contributed by atoms with Crippen molar-refractivity contribution in [3.05, 3.63) is 0 Å². The first-order valence-corrected chi connectivity index (χ1v) is 19.9. The number of carboxylic acid groups (broad SMARTS) is 2. The fourth-order valence-electron chi connectivity index (χ4n) is 4.28. The molecule has 4 atom stereocenters.